The van der Waals surface area contributed by atoms with Crippen molar-refractivity contribution in [2.24, 2.45) is 0 Å². The van der Waals surface area contributed by atoms with Crippen LogP contribution in [0.5, 0.6) is 0 Å². The third-order valence-electron chi connectivity index (χ3n) is 3.54. The minimum atomic E-state index is -0.795. The number of aliphatic carboxylic acids is 1. The zero-order valence-corrected chi connectivity index (χ0v) is 11.1. The molecule has 2 aromatic rings. The summed E-state index contributed by atoms with van der Waals surface area (Å²) in [6, 6.07) is 2.93. The molecule has 0 aliphatic heterocycles. The number of H-pyrrole nitrogens is 1. The fourth-order valence-corrected chi connectivity index (χ4v) is 3.32. The highest BCUT2D eigenvalue weighted by Gasteiger charge is 2.28. The van der Waals surface area contributed by atoms with E-state index in [2.05, 4.69) is 20.9 Å². The van der Waals surface area contributed by atoms with Gasteiger partial charge in [-0.1, -0.05) is 0 Å². The number of benzene rings is 1. The van der Waals surface area contributed by atoms with Gasteiger partial charge in [-0.15, -0.1) is 0 Å². The van der Waals surface area contributed by atoms with Crippen LogP contribution in [0.15, 0.2) is 16.6 Å². The zero-order chi connectivity index (χ0) is 12.9. The Morgan fingerprint density at radius 1 is 1.56 bits per heavy atom. The molecule has 0 spiro atoms. The molecule has 1 aromatic heterocycles. The number of rotatable bonds is 2. The molecule has 0 saturated carbocycles. The number of aromatic nitrogens is 1. The van der Waals surface area contributed by atoms with E-state index in [1.807, 2.05) is 0 Å². The van der Waals surface area contributed by atoms with Crippen molar-refractivity contribution in [3.05, 3.63) is 33.7 Å². The van der Waals surface area contributed by atoms with Crippen molar-refractivity contribution in [3.63, 3.8) is 0 Å². The van der Waals surface area contributed by atoms with Gasteiger partial charge in [0, 0.05) is 21.5 Å². The standard InChI is InChI=1S/C13H11BrFNO2/c14-10-5-7(15)4-9-8-2-1-6(3-11(17)18)12(8)16-13(9)10/h4-6,16H,1-3H2,(H,17,18). The highest BCUT2D eigenvalue weighted by Crippen LogP contribution is 2.41. The second kappa shape index (κ2) is 4.09. The van der Waals surface area contributed by atoms with Crippen LogP contribution in [0.4, 0.5) is 4.39 Å². The summed E-state index contributed by atoms with van der Waals surface area (Å²) in [5.74, 6) is -1.06. The zero-order valence-electron chi connectivity index (χ0n) is 9.46. The van der Waals surface area contributed by atoms with Crippen molar-refractivity contribution in [2.75, 3.05) is 0 Å². The second-order valence-corrected chi connectivity index (χ2v) is 5.52. The molecule has 0 radical (unpaired) electrons. The predicted molar refractivity (Wildman–Crippen MR) is 69.3 cm³/mol. The first-order chi connectivity index (χ1) is 8.56. The van der Waals surface area contributed by atoms with Gasteiger partial charge in [0.15, 0.2) is 0 Å². The number of hydrogen-bond acceptors (Lipinski definition) is 1. The van der Waals surface area contributed by atoms with Crippen molar-refractivity contribution in [3.8, 4) is 0 Å². The van der Waals surface area contributed by atoms with E-state index in [0.717, 1.165) is 35.0 Å². The molecule has 0 amide bonds. The number of aromatic amines is 1. The van der Waals surface area contributed by atoms with Gasteiger partial charge in [-0.3, -0.25) is 4.79 Å². The van der Waals surface area contributed by atoms with Crippen LogP contribution in [0.1, 0.15) is 30.0 Å². The Balaban J connectivity index is 2.15. The smallest absolute Gasteiger partial charge is 0.304 e. The van der Waals surface area contributed by atoms with Crippen LogP contribution < -0.4 is 0 Å². The molecule has 2 N–H and O–H groups in total. The van der Waals surface area contributed by atoms with E-state index in [4.69, 9.17) is 5.11 Å². The minimum Gasteiger partial charge on any atom is -0.481 e. The summed E-state index contributed by atoms with van der Waals surface area (Å²) in [5, 5.41) is 9.76. The fourth-order valence-electron chi connectivity index (χ4n) is 2.79. The Morgan fingerprint density at radius 3 is 3.06 bits per heavy atom. The first kappa shape index (κ1) is 11.7. The lowest BCUT2D eigenvalue weighted by Gasteiger charge is -2.05. The molecule has 3 nitrogen and oxygen atoms in total. The third kappa shape index (κ3) is 1.73. The molecule has 18 heavy (non-hydrogen) atoms. The molecule has 0 bridgehead atoms. The summed E-state index contributed by atoms with van der Waals surface area (Å²) >= 11 is 3.33. The van der Waals surface area contributed by atoms with Crippen molar-refractivity contribution in [1.29, 1.82) is 0 Å². The third-order valence-corrected chi connectivity index (χ3v) is 4.16. The van der Waals surface area contributed by atoms with Gasteiger partial charge in [-0.05, 0) is 46.5 Å². The van der Waals surface area contributed by atoms with Crippen LogP contribution >= 0.6 is 15.9 Å². The van der Waals surface area contributed by atoms with Crippen LogP contribution in [0, 0.1) is 5.82 Å². The Morgan fingerprint density at radius 2 is 2.33 bits per heavy atom. The highest BCUT2D eigenvalue weighted by molar-refractivity contribution is 9.10. The van der Waals surface area contributed by atoms with Gasteiger partial charge in [-0.2, -0.15) is 0 Å². The number of aryl methyl sites for hydroxylation is 1. The Bertz CT molecular complexity index is 650. The van der Waals surface area contributed by atoms with Gasteiger partial charge < -0.3 is 10.1 Å². The number of carboxylic acids is 1. The van der Waals surface area contributed by atoms with Crippen LogP contribution in [-0.2, 0) is 11.2 Å². The first-order valence-electron chi connectivity index (χ1n) is 5.77. The molecule has 94 valence electrons. The molecular weight excluding hydrogens is 301 g/mol. The van der Waals surface area contributed by atoms with Gasteiger partial charge in [0.25, 0.3) is 0 Å². The van der Waals surface area contributed by atoms with Crippen LogP contribution in [-0.4, -0.2) is 16.1 Å². The first-order valence-corrected chi connectivity index (χ1v) is 6.57. The summed E-state index contributed by atoms with van der Waals surface area (Å²) in [5.41, 5.74) is 2.88. The van der Waals surface area contributed by atoms with Crippen LogP contribution in [0.3, 0.4) is 0 Å². The average molecular weight is 312 g/mol. The summed E-state index contributed by atoms with van der Waals surface area (Å²) < 4.78 is 14.1. The van der Waals surface area contributed by atoms with E-state index >= 15 is 0 Å². The summed E-state index contributed by atoms with van der Waals surface area (Å²) in [6.45, 7) is 0. The van der Waals surface area contributed by atoms with E-state index < -0.39 is 5.97 Å². The van der Waals surface area contributed by atoms with Gasteiger partial charge in [0.2, 0.25) is 0 Å². The van der Waals surface area contributed by atoms with Crippen molar-refractivity contribution < 1.29 is 14.3 Å². The molecule has 1 heterocycles. The van der Waals surface area contributed by atoms with E-state index in [1.165, 1.54) is 12.1 Å². The number of carboxylic acid groups (broad SMARTS) is 1. The van der Waals surface area contributed by atoms with Gasteiger partial charge in [0.1, 0.15) is 5.82 Å². The maximum Gasteiger partial charge on any atom is 0.304 e. The monoisotopic (exact) mass is 311 g/mol. The molecular formula is C13H11BrFNO2. The molecule has 1 aromatic carbocycles. The summed E-state index contributed by atoms with van der Waals surface area (Å²) in [6.07, 6.45) is 1.75. The molecule has 1 aliphatic rings. The van der Waals surface area contributed by atoms with E-state index in [9.17, 15) is 9.18 Å². The summed E-state index contributed by atoms with van der Waals surface area (Å²) in [4.78, 5) is 14.1. The summed E-state index contributed by atoms with van der Waals surface area (Å²) in [7, 11) is 0. The van der Waals surface area contributed by atoms with Crippen molar-refractivity contribution in [2.45, 2.75) is 25.2 Å². The van der Waals surface area contributed by atoms with Gasteiger partial charge in [0.05, 0.1) is 11.9 Å². The quantitative estimate of drug-likeness (QED) is 0.890. The highest BCUT2D eigenvalue weighted by atomic mass is 79.9. The molecule has 0 saturated heterocycles. The van der Waals surface area contributed by atoms with Gasteiger partial charge in [-0.25, -0.2) is 4.39 Å². The van der Waals surface area contributed by atoms with Crippen molar-refractivity contribution in [1.82, 2.24) is 4.98 Å². The number of nitrogens with one attached hydrogen (secondary N) is 1. The second-order valence-electron chi connectivity index (χ2n) is 4.66. The van der Waals surface area contributed by atoms with Crippen molar-refractivity contribution >= 4 is 32.8 Å². The maximum absolute atomic E-state index is 13.4. The maximum atomic E-state index is 13.4. The molecule has 1 atom stereocenters. The Kier molecular flexibility index (Phi) is 2.66. The molecule has 1 unspecified atom stereocenters. The largest absolute Gasteiger partial charge is 0.481 e. The number of halogens is 2. The fraction of sp³-hybridized carbons (Fsp3) is 0.308. The Labute approximate surface area is 111 Å². The van der Waals surface area contributed by atoms with Crippen LogP contribution in [0.2, 0.25) is 0 Å². The lowest BCUT2D eigenvalue weighted by molar-refractivity contribution is -0.137. The predicted octanol–water partition coefficient (Wildman–Crippen LogP) is 3.57. The molecule has 3 rings (SSSR count). The Hall–Kier alpha value is -1.36. The van der Waals surface area contributed by atoms with E-state index in [1.54, 1.807) is 0 Å². The number of carbonyl (C=O) groups is 1. The molecule has 5 heteroatoms. The minimum absolute atomic E-state index is 0.0138. The SMILES string of the molecule is O=C(O)CC1CCc2c1[nH]c1c(Br)cc(F)cc21. The lowest BCUT2D eigenvalue weighted by atomic mass is 10.0. The topological polar surface area (TPSA) is 53.1 Å². The van der Waals surface area contributed by atoms with Crippen LogP contribution in [0.25, 0.3) is 10.9 Å². The van der Waals surface area contributed by atoms with Gasteiger partial charge >= 0.3 is 5.97 Å². The molecule has 1 aliphatic carbocycles. The molecule has 0 fully saturated rings. The number of hydrogen-bond donors (Lipinski definition) is 2. The van der Waals surface area contributed by atoms with E-state index in [0.29, 0.717) is 4.47 Å². The number of fused-ring (bicyclic) bond motifs is 3. The van der Waals surface area contributed by atoms with E-state index in [-0.39, 0.29) is 18.2 Å². The average Bonchev–Trinajstić information content (AvgIpc) is 2.79. The lowest BCUT2D eigenvalue weighted by Crippen LogP contribution is -2.03. The normalized spacial score (nSPS) is 18.2.